The van der Waals surface area contributed by atoms with Crippen molar-refractivity contribution in [2.45, 2.75) is 39.2 Å². The maximum atomic E-state index is 12.3. The van der Waals surface area contributed by atoms with Crippen LogP contribution in [0.25, 0.3) is 0 Å². The van der Waals surface area contributed by atoms with Crippen molar-refractivity contribution in [1.82, 2.24) is 15.0 Å². The third-order valence-electron chi connectivity index (χ3n) is 5.47. The summed E-state index contributed by atoms with van der Waals surface area (Å²) in [4.78, 5) is 25.4. The molecule has 6 bridgehead atoms. The Balaban J connectivity index is 1.62. The van der Waals surface area contributed by atoms with Gasteiger partial charge in [0.05, 0.1) is 26.9 Å². The SMILES string of the molecule is CCOc1nc2nc(n1)Nc1ccc(C(=O)OC)c(c1)OCCCCCCOc1ccc(cc1)CN2. The highest BCUT2D eigenvalue weighted by Gasteiger charge is 2.15. The number of nitrogens with one attached hydrogen (secondary N) is 2. The zero-order chi connectivity index (χ0) is 25.2. The Morgan fingerprint density at radius 2 is 1.69 bits per heavy atom. The van der Waals surface area contributed by atoms with E-state index in [0.29, 0.717) is 55.3 Å². The summed E-state index contributed by atoms with van der Waals surface area (Å²) < 4.78 is 22.3. The molecule has 5 rings (SSSR count). The summed E-state index contributed by atoms with van der Waals surface area (Å²) in [6, 6.07) is 13.3. The van der Waals surface area contributed by atoms with Gasteiger partial charge in [-0.05, 0) is 62.4 Å². The molecule has 0 unspecified atom stereocenters. The van der Waals surface area contributed by atoms with E-state index in [2.05, 4.69) is 25.6 Å². The Morgan fingerprint density at radius 1 is 0.944 bits per heavy atom. The number of anilines is 3. The number of ether oxygens (including phenoxy) is 4. The average Bonchev–Trinajstić information content (AvgIpc) is 2.89. The maximum Gasteiger partial charge on any atom is 0.341 e. The van der Waals surface area contributed by atoms with Crippen molar-refractivity contribution < 1.29 is 23.7 Å². The number of rotatable bonds is 3. The Hall–Kier alpha value is -4.08. The van der Waals surface area contributed by atoms with Crippen LogP contribution in [0.2, 0.25) is 0 Å². The number of nitrogens with zero attached hydrogens (tertiary/aromatic N) is 3. The molecule has 0 saturated carbocycles. The molecule has 0 atom stereocenters. The van der Waals surface area contributed by atoms with E-state index in [1.54, 1.807) is 18.2 Å². The molecule has 0 fully saturated rings. The smallest absolute Gasteiger partial charge is 0.341 e. The van der Waals surface area contributed by atoms with E-state index in [0.717, 1.165) is 37.0 Å². The lowest BCUT2D eigenvalue weighted by Gasteiger charge is -2.14. The first-order chi connectivity index (χ1) is 17.6. The van der Waals surface area contributed by atoms with Gasteiger partial charge in [-0.25, -0.2) is 4.79 Å². The van der Waals surface area contributed by atoms with Gasteiger partial charge >= 0.3 is 12.0 Å². The number of hydrogen-bond acceptors (Lipinski definition) is 10. The number of esters is 1. The van der Waals surface area contributed by atoms with Crippen molar-refractivity contribution in [3.05, 3.63) is 53.6 Å². The predicted octanol–water partition coefficient (Wildman–Crippen LogP) is 4.74. The summed E-state index contributed by atoms with van der Waals surface area (Å²) in [5.74, 6) is 1.47. The maximum absolute atomic E-state index is 12.3. The minimum Gasteiger partial charge on any atom is -0.494 e. The van der Waals surface area contributed by atoms with Crippen molar-refractivity contribution in [2.75, 3.05) is 37.6 Å². The molecule has 0 spiro atoms. The molecular formula is C26H31N5O5. The molecule has 10 nitrogen and oxygen atoms in total. The van der Waals surface area contributed by atoms with Crippen LogP contribution in [0.1, 0.15) is 48.5 Å². The van der Waals surface area contributed by atoms with Gasteiger partial charge in [-0.15, -0.1) is 0 Å². The third-order valence-corrected chi connectivity index (χ3v) is 5.47. The third kappa shape index (κ3) is 6.97. The molecule has 3 heterocycles. The summed E-state index contributed by atoms with van der Waals surface area (Å²) in [7, 11) is 1.35. The fourth-order valence-electron chi connectivity index (χ4n) is 3.63. The molecule has 2 aliphatic heterocycles. The quantitative estimate of drug-likeness (QED) is 0.495. The molecule has 0 aliphatic carbocycles. The largest absolute Gasteiger partial charge is 0.494 e. The van der Waals surface area contributed by atoms with Gasteiger partial charge in [0.15, 0.2) is 0 Å². The van der Waals surface area contributed by atoms with E-state index < -0.39 is 5.97 Å². The summed E-state index contributed by atoms with van der Waals surface area (Å²) in [6.07, 6.45) is 3.83. The second-order valence-corrected chi connectivity index (χ2v) is 8.13. The van der Waals surface area contributed by atoms with Crippen molar-refractivity contribution in [2.24, 2.45) is 0 Å². The number of hydrogen-bond donors (Lipinski definition) is 2. The van der Waals surface area contributed by atoms with Gasteiger partial charge in [-0.2, -0.15) is 15.0 Å². The van der Waals surface area contributed by atoms with E-state index in [4.69, 9.17) is 18.9 Å². The first-order valence-electron chi connectivity index (χ1n) is 12.1. The number of carbonyl (C=O) groups is 1. The van der Waals surface area contributed by atoms with Gasteiger partial charge < -0.3 is 29.6 Å². The molecule has 0 saturated heterocycles. The molecule has 1 aromatic heterocycles. The van der Waals surface area contributed by atoms with Gasteiger partial charge in [0.1, 0.15) is 17.1 Å². The Bertz CT molecular complexity index is 1160. The number of methoxy groups -OCH3 is 1. The van der Waals surface area contributed by atoms with Gasteiger partial charge in [-0.3, -0.25) is 0 Å². The van der Waals surface area contributed by atoms with Crippen LogP contribution < -0.4 is 24.8 Å². The lowest BCUT2D eigenvalue weighted by atomic mass is 10.1. The molecular weight excluding hydrogens is 462 g/mol. The number of aromatic nitrogens is 3. The lowest BCUT2D eigenvalue weighted by molar-refractivity contribution is 0.0596. The standard InChI is InChI=1S/C26H31N5O5/c1-3-34-26-30-24-27-17-18-8-11-20(12-9-18)35-14-6-4-5-7-15-36-22-16-19(28-25(29-24)31-26)10-13-21(22)23(32)33-2/h8-13,16H,3-7,14-15,17H2,1-2H3,(H2,27,28,29,30,31). The minimum absolute atomic E-state index is 0.197. The van der Waals surface area contributed by atoms with Crippen LogP contribution in [-0.4, -0.2) is 47.9 Å². The van der Waals surface area contributed by atoms with Crippen LogP contribution in [0, 0.1) is 0 Å². The summed E-state index contributed by atoms with van der Waals surface area (Å²) in [5.41, 5.74) is 2.06. The fourth-order valence-corrected chi connectivity index (χ4v) is 3.63. The van der Waals surface area contributed by atoms with Crippen molar-refractivity contribution in [3.8, 4) is 17.5 Å². The Kier molecular flexibility index (Phi) is 8.74. The lowest BCUT2D eigenvalue weighted by Crippen LogP contribution is -2.10. The average molecular weight is 494 g/mol. The summed E-state index contributed by atoms with van der Waals surface area (Å²) in [6.45, 7) is 3.92. The molecule has 0 radical (unpaired) electrons. The van der Waals surface area contributed by atoms with E-state index in [1.807, 2.05) is 31.2 Å². The van der Waals surface area contributed by atoms with E-state index >= 15 is 0 Å². The van der Waals surface area contributed by atoms with Crippen LogP contribution in [0.4, 0.5) is 17.6 Å². The first kappa shape index (κ1) is 25.0. The zero-order valence-electron chi connectivity index (χ0n) is 20.6. The van der Waals surface area contributed by atoms with Crippen molar-refractivity contribution in [1.29, 1.82) is 0 Å². The van der Waals surface area contributed by atoms with Crippen molar-refractivity contribution >= 4 is 23.6 Å². The first-order valence-corrected chi connectivity index (χ1v) is 12.1. The second kappa shape index (κ2) is 12.6. The summed E-state index contributed by atoms with van der Waals surface area (Å²) in [5, 5.41) is 6.38. The van der Waals surface area contributed by atoms with Crippen LogP contribution in [0.5, 0.6) is 17.5 Å². The highest BCUT2D eigenvalue weighted by atomic mass is 16.5. The number of carbonyl (C=O) groups excluding carboxylic acids is 1. The predicted molar refractivity (Wildman–Crippen MR) is 135 cm³/mol. The number of benzene rings is 2. The minimum atomic E-state index is -0.462. The number of fused-ring (bicyclic) bond motifs is 10. The molecule has 2 aromatic carbocycles. The van der Waals surface area contributed by atoms with Crippen LogP contribution in [-0.2, 0) is 11.3 Å². The van der Waals surface area contributed by atoms with Gasteiger partial charge in [0.25, 0.3) is 0 Å². The second-order valence-electron chi connectivity index (χ2n) is 8.13. The Morgan fingerprint density at radius 3 is 2.44 bits per heavy atom. The van der Waals surface area contributed by atoms with Crippen LogP contribution in [0.3, 0.4) is 0 Å². The fraction of sp³-hybridized carbons (Fsp3) is 0.385. The van der Waals surface area contributed by atoms with E-state index in [9.17, 15) is 4.79 Å². The normalized spacial score (nSPS) is 14.2. The highest BCUT2D eigenvalue weighted by Crippen LogP contribution is 2.27. The van der Waals surface area contributed by atoms with Gasteiger partial charge in [-0.1, -0.05) is 12.1 Å². The van der Waals surface area contributed by atoms with Crippen LogP contribution in [0.15, 0.2) is 42.5 Å². The van der Waals surface area contributed by atoms with Gasteiger partial charge in [0, 0.05) is 18.3 Å². The van der Waals surface area contributed by atoms with Gasteiger partial charge in [0.2, 0.25) is 11.9 Å². The van der Waals surface area contributed by atoms with E-state index in [-0.39, 0.29) is 6.01 Å². The molecule has 36 heavy (non-hydrogen) atoms. The molecule has 0 amide bonds. The van der Waals surface area contributed by atoms with Crippen molar-refractivity contribution in [3.63, 3.8) is 0 Å². The highest BCUT2D eigenvalue weighted by molar-refractivity contribution is 5.93. The monoisotopic (exact) mass is 493 g/mol. The molecule has 190 valence electrons. The molecule has 2 N–H and O–H groups in total. The topological polar surface area (TPSA) is 117 Å². The molecule has 10 heteroatoms. The zero-order valence-corrected chi connectivity index (χ0v) is 20.6. The van der Waals surface area contributed by atoms with E-state index in [1.165, 1.54) is 7.11 Å². The summed E-state index contributed by atoms with van der Waals surface area (Å²) >= 11 is 0. The van der Waals surface area contributed by atoms with Crippen LogP contribution >= 0.6 is 0 Å². The molecule has 3 aromatic rings. The molecule has 2 aliphatic rings. The Labute approximate surface area is 210 Å².